The van der Waals surface area contributed by atoms with E-state index in [0.29, 0.717) is 13.0 Å². The molecule has 0 amide bonds. The van der Waals surface area contributed by atoms with Crippen molar-refractivity contribution in [3.8, 4) is 5.75 Å². The van der Waals surface area contributed by atoms with Crippen LogP contribution in [0.15, 0.2) is 36.4 Å². The Bertz CT molecular complexity index is 624. The largest absolute Gasteiger partial charge is 0.497 e. The molecule has 1 unspecified atom stereocenters. The Hall–Kier alpha value is -2.07. The second-order valence-corrected chi connectivity index (χ2v) is 4.97. The minimum atomic E-state index is -0.194. The van der Waals surface area contributed by atoms with Gasteiger partial charge in [-0.2, -0.15) is 0 Å². The number of hydrogen-bond donors (Lipinski definition) is 1. The number of rotatable bonds is 6. The highest BCUT2D eigenvalue weighted by molar-refractivity contribution is 5.84. The van der Waals surface area contributed by atoms with Gasteiger partial charge in [-0.3, -0.25) is 4.79 Å². The number of benzene rings is 2. The van der Waals surface area contributed by atoms with Crippen molar-refractivity contribution < 1.29 is 14.3 Å². The molecule has 0 aliphatic heterocycles. The minimum Gasteiger partial charge on any atom is -0.497 e. The molecule has 2 rings (SSSR count). The fraction of sp³-hybridized carbons (Fsp3) is 0.353. The van der Waals surface area contributed by atoms with Crippen LogP contribution in [0.25, 0.3) is 10.8 Å². The van der Waals surface area contributed by atoms with Crippen molar-refractivity contribution >= 4 is 16.7 Å². The van der Waals surface area contributed by atoms with Crippen LogP contribution in [-0.2, 0) is 9.53 Å². The number of fused-ring (bicyclic) bond motifs is 1. The van der Waals surface area contributed by atoms with Crippen LogP contribution in [0, 0.1) is 0 Å². The first-order chi connectivity index (χ1) is 10.1. The van der Waals surface area contributed by atoms with Gasteiger partial charge in [0.25, 0.3) is 0 Å². The van der Waals surface area contributed by atoms with E-state index in [1.165, 1.54) is 18.1 Å². The molecule has 21 heavy (non-hydrogen) atoms. The van der Waals surface area contributed by atoms with Gasteiger partial charge >= 0.3 is 5.97 Å². The quantitative estimate of drug-likeness (QED) is 0.830. The highest BCUT2D eigenvalue weighted by atomic mass is 16.5. The van der Waals surface area contributed by atoms with Gasteiger partial charge in [-0.05, 0) is 41.5 Å². The Labute approximate surface area is 125 Å². The summed E-state index contributed by atoms with van der Waals surface area (Å²) in [5, 5.41) is 5.65. The van der Waals surface area contributed by atoms with Crippen LogP contribution < -0.4 is 10.1 Å². The molecule has 4 nitrogen and oxygen atoms in total. The highest BCUT2D eigenvalue weighted by Crippen LogP contribution is 2.24. The molecule has 1 N–H and O–H groups in total. The van der Waals surface area contributed by atoms with E-state index in [1.807, 2.05) is 12.1 Å². The zero-order chi connectivity index (χ0) is 15.2. The zero-order valence-corrected chi connectivity index (χ0v) is 12.7. The first-order valence-electron chi connectivity index (χ1n) is 7.02. The molecule has 0 bridgehead atoms. The van der Waals surface area contributed by atoms with Crippen molar-refractivity contribution in [3.63, 3.8) is 0 Å². The number of carbonyl (C=O) groups is 1. The lowest BCUT2D eigenvalue weighted by Crippen LogP contribution is -2.22. The maximum atomic E-state index is 11.1. The number of hydrogen-bond acceptors (Lipinski definition) is 4. The van der Waals surface area contributed by atoms with Crippen LogP contribution in [0.1, 0.15) is 24.9 Å². The summed E-state index contributed by atoms with van der Waals surface area (Å²) >= 11 is 0. The summed E-state index contributed by atoms with van der Waals surface area (Å²) in [6, 6.07) is 12.6. The van der Waals surface area contributed by atoms with E-state index in [2.05, 4.69) is 41.2 Å². The number of carbonyl (C=O) groups excluding carboxylic acids is 1. The second kappa shape index (κ2) is 7.09. The molecule has 0 saturated carbocycles. The molecule has 1 atom stereocenters. The van der Waals surface area contributed by atoms with E-state index < -0.39 is 0 Å². The average Bonchev–Trinajstić information content (AvgIpc) is 2.53. The van der Waals surface area contributed by atoms with Gasteiger partial charge in [0.15, 0.2) is 0 Å². The van der Waals surface area contributed by atoms with Crippen molar-refractivity contribution in [2.45, 2.75) is 19.4 Å². The standard InChI is InChI=1S/C17H21NO3/c1-12(18-9-8-17(19)21-3)13-4-5-15-11-16(20-2)7-6-14(15)10-13/h4-7,10-12,18H,8-9H2,1-3H3. The predicted octanol–water partition coefficient (Wildman–Crippen LogP) is 3.06. The molecule has 4 heteroatoms. The Kier molecular flexibility index (Phi) is 5.17. The summed E-state index contributed by atoms with van der Waals surface area (Å²) in [7, 11) is 3.08. The van der Waals surface area contributed by atoms with E-state index in [-0.39, 0.29) is 12.0 Å². The van der Waals surface area contributed by atoms with E-state index in [9.17, 15) is 4.79 Å². The van der Waals surface area contributed by atoms with Gasteiger partial charge in [0.1, 0.15) is 5.75 Å². The summed E-state index contributed by atoms with van der Waals surface area (Å²) in [4.78, 5) is 11.1. The average molecular weight is 287 g/mol. The molecule has 0 radical (unpaired) electrons. The van der Waals surface area contributed by atoms with Gasteiger partial charge in [-0.15, -0.1) is 0 Å². The SMILES string of the molecule is COC(=O)CCNC(C)c1ccc2cc(OC)ccc2c1. The maximum Gasteiger partial charge on any atom is 0.306 e. The van der Waals surface area contributed by atoms with Crippen LogP contribution >= 0.6 is 0 Å². The normalized spacial score (nSPS) is 12.1. The van der Waals surface area contributed by atoms with Crippen LogP contribution in [0.2, 0.25) is 0 Å². The van der Waals surface area contributed by atoms with Crippen molar-refractivity contribution in [1.82, 2.24) is 5.32 Å². The molecular weight excluding hydrogens is 266 g/mol. The van der Waals surface area contributed by atoms with Crippen LogP contribution in [-0.4, -0.2) is 26.7 Å². The maximum absolute atomic E-state index is 11.1. The fourth-order valence-corrected chi connectivity index (χ4v) is 2.25. The summed E-state index contributed by atoms with van der Waals surface area (Å²) in [5.74, 6) is 0.666. The lowest BCUT2D eigenvalue weighted by atomic mass is 10.0. The van der Waals surface area contributed by atoms with Gasteiger partial charge in [-0.1, -0.05) is 18.2 Å². The Balaban J connectivity index is 2.06. The third kappa shape index (κ3) is 3.95. The number of methoxy groups -OCH3 is 2. The Morgan fingerprint density at radius 2 is 1.86 bits per heavy atom. The van der Waals surface area contributed by atoms with Crippen molar-refractivity contribution in [2.75, 3.05) is 20.8 Å². The second-order valence-electron chi connectivity index (χ2n) is 4.97. The molecule has 0 aromatic heterocycles. The van der Waals surface area contributed by atoms with E-state index in [4.69, 9.17) is 4.74 Å². The first kappa shape index (κ1) is 15.3. The Morgan fingerprint density at radius 3 is 2.57 bits per heavy atom. The van der Waals surface area contributed by atoms with Crippen LogP contribution in [0.3, 0.4) is 0 Å². The van der Waals surface area contributed by atoms with Crippen LogP contribution in [0.4, 0.5) is 0 Å². The minimum absolute atomic E-state index is 0.182. The van der Waals surface area contributed by atoms with Gasteiger partial charge in [0, 0.05) is 12.6 Å². The highest BCUT2D eigenvalue weighted by Gasteiger charge is 2.07. The fourth-order valence-electron chi connectivity index (χ4n) is 2.25. The third-order valence-corrected chi connectivity index (χ3v) is 3.58. The van der Waals surface area contributed by atoms with Crippen molar-refractivity contribution in [2.24, 2.45) is 0 Å². The van der Waals surface area contributed by atoms with Gasteiger partial charge in [-0.25, -0.2) is 0 Å². The third-order valence-electron chi connectivity index (χ3n) is 3.58. The Morgan fingerprint density at radius 1 is 1.14 bits per heavy atom. The zero-order valence-electron chi connectivity index (χ0n) is 12.7. The number of nitrogens with one attached hydrogen (secondary N) is 1. The summed E-state index contributed by atoms with van der Waals surface area (Å²) in [6.07, 6.45) is 0.381. The molecule has 2 aromatic rings. The summed E-state index contributed by atoms with van der Waals surface area (Å²) in [5.41, 5.74) is 1.19. The predicted molar refractivity (Wildman–Crippen MR) is 83.6 cm³/mol. The smallest absolute Gasteiger partial charge is 0.306 e. The molecule has 0 saturated heterocycles. The molecule has 112 valence electrons. The molecule has 0 spiro atoms. The van der Waals surface area contributed by atoms with Crippen LogP contribution in [0.5, 0.6) is 5.75 Å². The summed E-state index contributed by atoms with van der Waals surface area (Å²) < 4.78 is 9.86. The number of ether oxygens (including phenoxy) is 2. The van der Waals surface area contributed by atoms with Gasteiger partial charge in [0.2, 0.25) is 0 Å². The van der Waals surface area contributed by atoms with Gasteiger partial charge < -0.3 is 14.8 Å². The summed E-state index contributed by atoms with van der Waals surface area (Å²) in [6.45, 7) is 2.69. The molecule has 2 aromatic carbocycles. The molecule has 0 heterocycles. The van der Waals surface area contributed by atoms with Crippen molar-refractivity contribution in [1.29, 1.82) is 0 Å². The molecule has 0 aliphatic carbocycles. The monoisotopic (exact) mass is 287 g/mol. The van der Waals surface area contributed by atoms with E-state index >= 15 is 0 Å². The molecular formula is C17H21NO3. The van der Waals surface area contributed by atoms with Gasteiger partial charge in [0.05, 0.1) is 20.6 Å². The lowest BCUT2D eigenvalue weighted by molar-refractivity contribution is -0.140. The molecule has 0 aliphatic rings. The topological polar surface area (TPSA) is 47.6 Å². The van der Waals surface area contributed by atoms with Crippen molar-refractivity contribution in [3.05, 3.63) is 42.0 Å². The number of esters is 1. The van der Waals surface area contributed by atoms with E-state index in [0.717, 1.165) is 11.1 Å². The van der Waals surface area contributed by atoms with E-state index in [1.54, 1.807) is 7.11 Å². The molecule has 0 fully saturated rings. The first-order valence-corrected chi connectivity index (χ1v) is 7.02. The lowest BCUT2D eigenvalue weighted by Gasteiger charge is -2.15.